The first-order valence-electron chi connectivity index (χ1n) is 6.54. The van der Waals surface area contributed by atoms with Crippen LogP contribution in [0, 0.1) is 5.92 Å². The fraction of sp³-hybridized carbons (Fsp3) is 0.538. The van der Waals surface area contributed by atoms with Crippen molar-refractivity contribution in [3.8, 4) is 0 Å². The first-order valence-corrected chi connectivity index (χ1v) is 7.33. The summed E-state index contributed by atoms with van der Waals surface area (Å²) in [6.07, 6.45) is 2.80. The average molecular weight is 345 g/mol. The van der Waals surface area contributed by atoms with Crippen LogP contribution in [0.2, 0.25) is 0 Å². The molecule has 2 unspecified atom stereocenters. The molecule has 0 saturated heterocycles. The highest BCUT2D eigenvalue weighted by Crippen LogP contribution is 2.24. The number of halogens is 1. The van der Waals surface area contributed by atoms with Crippen molar-refractivity contribution in [3.05, 3.63) is 22.6 Å². The Morgan fingerprint density at radius 2 is 2.20 bits per heavy atom. The maximum absolute atomic E-state index is 11.8. The zero-order chi connectivity index (χ0) is 14.5. The van der Waals surface area contributed by atoms with Crippen molar-refractivity contribution in [1.82, 2.24) is 10.6 Å². The van der Waals surface area contributed by atoms with Crippen LogP contribution in [0.5, 0.6) is 0 Å². The van der Waals surface area contributed by atoms with Gasteiger partial charge in [-0.25, -0.2) is 0 Å². The van der Waals surface area contributed by atoms with Gasteiger partial charge in [0.1, 0.15) is 0 Å². The van der Waals surface area contributed by atoms with E-state index in [2.05, 4.69) is 26.6 Å². The first kappa shape index (κ1) is 15.1. The molecule has 1 aliphatic carbocycles. The Balaban J connectivity index is 1.76. The molecule has 0 bridgehead atoms. The first-order chi connectivity index (χ1) is 9.60. The fourth-order valence-electron chi connectivity index (χ4n) is 2.39. The van der Waals surface area contributed by atoms with Crippen molar-refractivity contribution < 1.29 is 19.1 Å². The number of rotatable bonds is 5. The zero-order valence-corrected chi connectivity index (χ0v) is 12.5. The number of carbonyl (C=O) groups excluding carboxylic acids is 2. The molecule has 0 spiro atoms. The second kappa shape index (κ2) is 6.90. The van der Waals surface area contributed by atoms with Crippen LogP contribution in [0.4, 0.5) is 0 Å². The van der Waals surface area contributed by atoms with Crippen molar-refractivity contribution >= 4 is 27.7 Å². The molecule has 2 amide bonds. The van der Waals surface area contributed by atoms with Crippen LogP contribution in [0.25, 0.3) is 0 Å². The lowest BCUT2D eigenvalue weighted by atomic mass is 10.1. The summed E-state index contributed by atoms with van der Waals surface area (Å²) in [6, 6.07) is 3.14. The Bertz CT molecular complexity index is 488. The third kappa shape index (κ3) is 3.83. The van der Waals surface area contributed by atoms with Gasteiger partial charge in [-0.05, 0) is 40.9 Å². The lowest BCUT2D eigenvalue weighted by Crippen LogP contribution is -2.44. The quantitative estimate of drug-likeness (QED) is 0.744. The standard InChI is InChI=1S/C13H17BrN2O4/c14-11-5-4-10(20-11)13(19)15-6-12(18)16-9-3-1-2-8(9)7-17/h4-5,8-9,17H,1-3,6-7H2,(H,15,19)(H,16,18). The summed E-state index contributed by atoms with van der Waals surface area (Å²) < 4.78 is 5.55. The molecular weight excluding hydrogens is 328 g/mol. The van der Waals surface area contributed by atoms with Gasteiger partial charge in [0.05, 0.1) is 6.54 Å². The average Bonchev–Trinajstić information content (AvgIpc) is 3.04. The van der Waals surface area contributed by atoms with E-state index in [1.54, 1.807) is 6.07 Å². The third-order valence-corrected chi connectivity index (χ3v) is 3.87. The van der Waals surface area contributed by atoms with E-state index in [-0.39, 0.29) is 36.8 Å². The van der Waals surface area contributed by atoms with Gasteiger partial charge >= 0.3 is 0 Å². The van der Waals surface area contributed by atoms with Crippen LogP contribution in [-0.4, -0.2) is 36.1 Å². The molecule has 6 nitrogen and oxygen atoms in total. The highest BCUT2D eigenvalue weighted by atomic mass is 79.9. The van der Waals surface area contributed by atoms with Crippen molar-refractivity contribution in [2.24, 2.45) is 5.92 Å². The summed E-state index contributed by atoms with van der Waals surface area (Å²) in [5, 5.41) is 14.5. The van der Waals surface area contributed by atoms with Crippen LogP contribution >= 0.6 is 15.9 Å². The number of furan rings is 1. The Morgan fingerprint density at radius 3 is 2.85 bits per heavy atom. The van der Waals surface area contributed by atoms with E-state index < -0.39 is 5.91 Å². The topological polar surface area (TPSA) is 91.6 Å². The molecule has 20 heavy (non-hydrogen) atoms. The lowest BCUT2D eigenvalue weighted by molar-refractivity contribution is -0.121. The minimum absolute atomic E-state index is 0.00200. The van der Waals surface area contributed by atoms with Gasteiger partial charge in [-0.1, -0.05) is 6.42 Å². The largest absolute Gasteiger partial charge is 0.444 e. The van der Waals surface area contributed by atoms with Gasteiger partial charge in [-0.3, -0.25) is 9.59 Å². The molecule has 110 valence electrons. The maximum atomic E-state index is 11.8. The van der Waals surface area contributed by atoms with E-state index in [9.17, 15) is 14.7 Å². The molecule has 3 N–H and O–H groups in total. The molecule has 1 heterocycles. The Morgan fingerprint density at radius 1 is 1.40 bits per heavy atom. The van der Waals surface area contributed by atoms with Gasteiger partial charge in [-0.2, -0.15) is 0 Å². The normalized spacial score (nSPS) is 21.7. The third-order valence-electron chi connectivity index (χ3n) is 3.45. The highest BCUT2D eigenvalue weighted by molar-refractivity contribution is 9.10. The summed E-state index contributed by atoms with van der Waals surface area (Å²) in [5.41, 5.74) is 0. The number of aliphatic hydroxyl groups is 1. The van der Waals surface area contributed by atoms with Crippen LogP contribution < -0.4 is 10.6 Å². The number of hydrogen-bond donors (Lipinski definition) is 3. The molecule has 2 atom stereocenters. The summed E-state index contributed by atoms with van der Waals surface area (Å²) in [7, 11) is 0. The summed E-state index contributed by atoms with van der Waals surface area (Å²) in [5.74, 6) is -0.417. The van der Waals surface area contributed by atoms with Gasteiger partial charge in [0, 0.05) is 18.6 Å². The number of aliphatic hydroxyl groups excluding tert-OH is 1. The van der Waals surface area contributed by atoms with Gasteiger partial charge in [0.15, 0.2) is 10.4 Å². The van der Waals surface area contributed by atoms with Gasteiger partial charge < -0.3 is 20.2 Å². The Labute approximate surface area is 125 Å². The maximum Gasteiger partial charge on any atom is 0.287 e. The predicted octanol–water partition coefficient (Wildman–Crippen LogP) is 1.05. The number of nitrogens with one attached hydrogen (secondary N) is 2. The van der Waals surface area contributed by atoms with E-state index in [1.165, 1.54) is 6.07 Å². The van der Waals surface area contributed by atoms with Crippen LogP contribution in [0.15, 0.2) is 21.2 Å². The molecule has 1 aromatic rings. The molecule has 2 rings (SSSR count). The van der Waals surface area contributed by atoms with Crippen molar-refractivity contribution in [1.29, 1.82) is 0 Å². The lowest BCUT2D eigenvalue weighted by Gasteiger charge is -2.18. The van der Waals surface area contributed by atoms with Crippen LogP contribution in [0.1, 0.15) is 29.8 Å². The zero-order valence-electron chi connectivity index (χ0n) is 10.9. The number of carbonyl (C=O) groups is 2. The monoisotopic (exact) mass is 344 g/mol. The molecule has 1 saturated carbocycles. The summed E-state index contributed by atoms with van der Waals surface area (Å²) in [4.78, 5) is 23.4. The summed E-state index contributed by atoms with van der Waals surface area (Å²) in [6.45, 7) is -0.0243. The van der Waals surface area contributed by atoms with Gasteiger partial charge in [0.25, 0.3) is 5.91 Å². The smallest absolute Gasteiger partial charge is 0.287 e. The predicted molar refractivity (Wildman–Crippen MR) is 75.1 cm³/mol. The molecule has 1 aromatic heterocycles. The van der Waals surface area contributed by atoms with E-state index in [0.717, 1.165) is 19.3 Å². The molecule has 1 fully saturated rings. The van der Waals surface area contributed by atoms with E-state index >= 15 is 0 Å². The van der Waals surface area contributed by atoms with Gasteiger partial charge in [-0.15, -0.1) is 0 Å². The molecule has 1 aliphatic rings. The Kier molecular flexibility index (Phi) is 5.19. The van der Waals surface area contributed by atoms with E-state index in [1.807, 2.05) is 0 Å². The molecule has 0 aromatic carbocycles. The second-order valence-electron chi connectivity index (χ2n) is 4.83. The molecule has 0 aliphatic heterocycles. The van der Waals surface area contributed by atoms with Crippen molar-refractivity contribution in [2.45, 2.75) is 25.3 Å². The van der Waals surface area contributed by atoms with E-state index in [4.69, 9.17) is 4.42 Å². The SMILES string of the molecule is O=C(CNC(=O)c1ccc(Br)o1)NC1CCCC1CO. The van der Waals surface area contributed by atoms with Crippen LogP contribution in [-0.2, 0) is 4.79 Å². The number of amides is 2. The van der Waals surface area contributed by atoms with Crippen LogP contribution in [0.3, 0.4) is 0 Å². The van der Waals surface area contributed by atoms with Crippen molar-refractivity contribution in [3.63, 3.8) is 0 Å². The molecular formula is C13H17BrN2O4. The highest BCUT2D eigenvalue weighted by Gasteiger charge is 2.27. The second-order valence-corrected chi connectivity index (χ2v) is 5.62. The van der Waals surface area contributed by atoms with Crippen molar-refractivity contribution in [2.75, 3.05) is 13.2 Å². The number of hydrogen-bond acceptors (Lipinski definition) is 4. The minimum Gasteiger partial charge on any atom is -0.444 e. The van der Waals surface area contributed by atoms with Gasteiger partial charge in [0.2, 0.25) is 5.91 Å². The molecule has 7 heteroatoms. The molecule has 0 radical (unpaired) electrons. The Hall–Kier alpha value is -1.34. The fourth-order valence-corrected chi connectivity index (χ4v) is 2.69. The van der Waals surface area contributed by atoms with E-state index in [0.29, 0.717) is 4.67 Å². The summed E-state index contributed by atoms with van der Waals surface area (Å²) >= 11 is 3.10. The minimum atomic E-state index is -0.434.